The lowest BCUT2D eigenvalue weighted by molar-refractivity contribution is -0.121. The van der Waals surface area contributed by atoms with Crippen LogP contribution in [0.2, 0.25) is 5.02 Å². The van der Waals surface area contributed by atoms with E-state index in [4.69, 9.17) is 21.8 Å². The Morgan fingerprint density at radius 2 is 2.08 bits per heavy atom. The molecule has 0 saturated carbocycles. The van der Waals surface area contributed by atoms with E-state index < -0.39 is 0 Å². The molecule has 2 aromatic rings. The molecule has 1 aromatic carbocycles. The number of carbonyl (C=O) groups excluding carboxylic acids is 1. The van der Waals surface area contributed by atoms with Crippen molar-refractivity contribution in [2.45, 2.75) is 45.1 Å². The molecule has 0 spiro atoms. The molecule has 3 N–H and O–H groups in total. The highest BCUT2D eigenvalue weighted by atomic mass is 35.5. The Labute approximate surface area is 171 Å². The van der Waals surface area contributed by atoms with Gasteiger partial charge < -0.3 is 15.5 Å². The van der Waals surface area contributed by atoms with E-state index in [9.17, 15) is 4.79 Å². The number of rotatable bonds is 9. The van der Waals surface area contributed by atoms with Gasteiger partial charge in [0.15, 0.2) is 11.7 Å². The summed E-state index contributed by atoms with van der Waals surface area (Å²) in [5, 5.41) is 3.58. The minimum Gasteiger partial charge on any atom is -0.441 e. The van der Waals surface area contributed by atoms with Crippen LogP contribution in [0.4, 0.5) is 0 Å². The van der Waals surface area contributed by atoms with Gasteiger partial charge in [0.2, 0.25) is 5.91 Å². The molecule has 0 aliphatic carbocycles. The van der Waals surface area contributed by atoms with Crippen molar-refractivity contribution in [2.24, 2.45) is 5.73 Å². The van der Waals surface area contributed by atoms with Crippen molar-refractivity contribution in [1.29, 1.82) is 0 Å². The molecule has 1 unspecified atom stereocenters. The Kier molecular flexibility index (Phi) is 12.3. The Balaban J connectivity index is 0.00000312. The van der Waals surface area contributed by atoms with Crippen LogP contribution in [-0.4, -0.2) is 23.5 Å². The SMILES string of the molecule is CCCCC(CN)NC(=O)CCc1ncc(-c2ccccc2Cl)o1.Cl.Cl. The van der Waals surface area contributed by atoms with Crippen LogP contribution in [0, 0.1) is 0 Å². The summed E-state index contributed by atoms with van der Waals surface area (Å²) in [7, 11) is 0. The highest BCUT2D eigenvalue weighted by molar-refractivity contribution is 6.33. The van der Waals surface area contributed by atoms with Crippen molar-refractivity contribution in [1.82, 2.24) is 10.3 Å². The number of nitrogens with one attached hydrogen (secondary N) is 1. The molecule has 1 aromatic heterocycles. The Morgan fingerprint density at radius 3 is 2.73 bits per heavy atom. The maximum absolute atomic E-state index is 12.0. The summed E-state index contributed by atoms with van der Waals surface area (Å²) in [5.74, 6) is 1.11. The maximum atomic E-state index is 12.0. The summed E-state index contributed by atoms with van der Waals surface area (Å²) in [4.78, 5) is 16.2. The zero-order valence-electron chi connectivity index (χ0n) is 14.7. The van der Waals surface area contributed by atoms with Gasteiger partial charge in [0.1, 0.15) is 0 Å². The number of aromatic nitrogens is 1. The number of carbonyl (C=O) groups is 1. The lowest BCUT2D eigenvalue weighted by Gasteiger charge is -2.16. The van der Waals surface area contributed by atoms with Gasteiger partial charge in [-0.2, -0.15) is 0 Å². The molecule has 0 fully saturated rings. The first-order valence-electron chi connectivity index (χ1n) is 8.33. The van der Waals surface area contributed by atoms with Crippen molar-refractivity contribution in [3.8, 4) is 11.3 Å². The zero-order valence-corrected chi connectivity index (χ0v) is 17.1. The number of halogens is 3. The number of oxazole rings is 1. The molecular weight excluding hydrogens is 397 g/mol. The molecule has 0 aliphatic heterocycles. The number of benzene rings is 1. The van der Waals surface area contributed by atoms with Crippen LogP contribution in [-0.2, 0) is 11.2 Å². The molecule has 1 heterocycles. The molecule has 26 heavy (non-hydrogen) atoms. The van der Waals surface area contributed by atoms with Gasteiger partial charge in [-0.05, 0) is 18.6 Å². The second-order valence-corrected chi connectivity index (χ2v) is 6.15. The van der Waals surface area contributed by atoms with Gasteiger partial charge in [-0.1, -0.05) is 43.5 Å². The molecule has 1 amide bonds. The van der Waals surface area contributed by atoms with E-state index in [-0.39, 0.29) is 36.8 Å². The van der Waals surface area contributed by atoms with E-state index in [1.165, 1.54) is 0 Å². The largest absolute Gasteiger partial charge is 0.441 e. The molecule has 1 atom stereocenters. The van der Waals surface area contributed by atoms with Crippen LogP contribution in [0.1, 0.15) is 38.5 Å². The van der Waals surface area contributed by atoms with Gasteiger partial charge >= 0.3 is 0 Å². The average Bonchev–Trinajstić information content (AvgIpc) is 3.06. The van der Waals surface area contributed by atoms with E-state index in [0.29, 0.717) is 36.1 Å². The number of amides is 1. The van der Waals surface area contributed by atoms with Crippen molar-refractivity contribution in [3.05, 3.63) is 41.4 Å². The minimum absolute atomic E-state index is 0. The van der Waals surface area contributed by atoms with Gasteiger partial charge in [0.25, 0.3) is 0 Å². The van der Waals surface area contributed by atoms with Crippen molar-refractivity contribution >= 4 is 42.3 Å². The van der Waals surface area contributed by atoms with Crippen molar-refractivity contribution in [2.75, 3.05) is 6.54 Å². The zero-order chi connectivity index (χ0) is 17.4. The predicted molar refractivity (Wildman–Crippen MR) is 110 cm³/mol. The Bertz CT molecular complexity index is 665. The topological polar surface area (TPSA) is 81.1 Å². The summed E-state index contributed by atoms with van der Waals surface area (Å²) in [6.07, 6.45) is 5.47. The number of hydrogen-bond donors (Lipinski definition) is 2. The van der Waals surface area contributed by atoms with E-state index in [2.05, 4.69) is 17.2 Å². The first-order valence-corrected chi connectivity index (χ1v) is 8.70. The van der Waals surface area contributed by atoms with Crippen LogP contribution < -0.4 is 11.1 Å². The highest BCUT2D eigenvalue weighted by Crippen LogP contribution is 2.28. The second-order valence-electron chi connectivity index (χ2n) is 5.74. The molecule has 2 rings (SSSR count). The van der Waals surface area contributed by atoms with Crippen LogP contribution in [0.15, 0.2) is 34.9 Å². The van der Waals surface area contributed by atoms with E-state index >= 15 is 0 Å². The first kappa shape index (κ1) is 24.7. The smallest absolute Gasteiger partial charge is 0.220 e. The van der Waals surface area contributed by atoms with Crippen LogP contribution in [0.5, 0.6) is 0 Å². The third-order valence-corrected chi connectivity index (χ3v) is 4.14. The number of aryl methyl sites for hydroxylation is 1. The number of hydrogen-bond acceptors (Lipinski definition) is 4. The average molecular weight is 423 g/mol. The maximum Gasteiger partial charge on any atom is 0.220 e. The third-order valence-electron chi connectivity index (χ3n) is 3.81. The molecule has 5 nitrogen and oxygen atoms in total. The fraction of sp³-hybridized carbons (Fsp3) is 0.444. The quantitative estimate of drug-likeness (QED) is 0.627. The summed E-state index contributed by atoms with van der Waals surface area (Å²) in [6, 6.07) is 7.47. The molecule has 0 saturated heterocycles. The van der Waals surface area contributed by atoms with Gasteiger partial charge in [-0.3, -0.25) is 4.79 Å². The van der Waals surface area contributed by atoms with E-state index in [1.54, 1.807) is 12.3 Å². The molecule has 0 radical (unpaired) electrons. The van der Waals surface area contributed by atoms with Gasteiger partial charge in [0, 0.05) is 31.0 Å². The summed E-state index contributed by atoms with van der Waals surface area (Å²) in [5.41, 5.74) is 6.49. The lowest BCUT2D eigenvalue weighted by atomic mass is 10.1. The second kappa shape index (κ2) is 13.0. The van der Waals surface area contributed by atoms with Gasteiger partial charge in [-0.25, -0.2) is 4.98 Å². The first-order chi connectivity index (χ1) is 11.6. The number of unbranched alkanes of at least 4 members (excludes halogenated alkanes) is 1. The van der Waals surface area contributed by atoms with Gasteiger partial charge in [0.05, 0.1) is 11.2 Å². The monoisotopic (exact) mass is 421 g/mol. The lowest BCUT2D eigenvalue weighted by Crippen LogP contribution is -2.40. The van der Waals surface area contributed by atoms with E-state index in [1.807, 2.05) is 18.2 Å². The molecular formula is C18H26Cl3N3O2. The van der Waals surface area contributed by atoms with E-state index in [0.717, 1.165) is 24.8 Å². The molecule has 0 bridgehead atoms. The number of nitrogens with zero attached hydrogens (tertiary/aromatic N) is 1. The summed E-state index contributed by atoms with van der Waals surface area (Å²) >= 11 is 6.15. The van der Waals surface area contributed by atoms with Crippen LogP contribution >= 0.6 is 36.4 Å². The fourth-order valence-corrected chi connectivity index (χ4v) is 2.66. The van der Waals surface area contributed by atoms with Gasteiger partial charge in [-0.15, -0.1) is 24.8 Å². The summed E-state index contributed by atoms with van der Waals surface area (Å²) in [6.45, 7) is 2.58. The molecule has 146 valence electrons. The third kappa shape index (κ3) is 7.54. The number of nitrogens with two attached hydrogens (primary N) is 1. The van der Waals surface area contributed by atoms with Crippen LogP contribution in [0.3, 0.4) is 0 Å². The predicted octanol–water partition coefficient (Wildman–Crippen LogP) is 4.40. The minimum atomic E-state index is -0.0287. The Hall–Kier alpha value is -1.27. The van der Waals surface area contributed by atoms with Crippen molar-refractivity contribution < 1.29 is 9.21 Å². The standard InChI is InChI=1S/C18H24ClN3O2.2ClH/c1-2-3-6-13(11-20)22-17(23)9-10-18-21-12-16(24-18)14-7-4-5-8-15(14)19;;/h4-5,7-8,12-13H,2-3,6,9-11,20H2,1H3,(H,22,23);2*1H. The molecule has 0 aliphatic rings. The Morgan fingerprint density at radius 1 is 1.35 bits per heavy atom. The normalized spacial score (nSPS) is 11.2. The molecule has 8 heteroatoms. The summed E-state index contributed by atoms with van der Waals surface area (Å²) < 4.78 is 5.70. The highest BCUT2D eigenvalue weighted by Gasteiger charge is 2.13. The fourth-order valence-electron chi connectivity index (χ4n) is 2.43. The van der Waals surface area contributed by atoms with Crippen LogP contribution in [0.25, 0.3) is 11.3 Å². The van der Waals surface area contributed by atoms with Crippen molar-refractivity contribution in [3.63, 3.8) is 0 Å².